The second-order valence-corrected chi connectivity index (χ2v) is 5.86. The minimum atomic E-state index is -0.497. The lowest BCUT2D eigenvalue weighted by molar-refractivity contribution is 0.0227. The monoisotopic (exact) mass is 321 g/mol. The van der Waals surface area contributed by atoms with Gasteiger partial charge in [-0.3, -0.25) is 4.90 Å². The molecule has 1 fully saturated rings. The van der Waals surface area contributed by atoms with Gasteiger partial charge < -0.3 is 19.3 Å². The largest absolute Gasteiger partial charge is 0.497 e. The van der Waals surface area contributed by atoms with E-state index in [-0.39, 0.29) is 0 Å². The first-order valence-electron chi connectivity index (χ1n) is 7.99. The quantitative estimate of drug-likeness (QED) is 0.500. The fourth-order valence-electron chi connectivity index (χ4n) is 2.59. The Hall–Kier alpha value is -1.56. The predicted octanol–water partition coefficient (Wildman–Crippen LogP) is 2.23. The van der Waals surface area contributed by atoms with Gasteiger partial charge in [-0.15, -0.1) is 6.58 Å². The van der Waals surface area contributed by atoms with E-state index in [0.717, 1.165) is 23.6 Å². The molecule has 0 amide bonds. The summed E-state index contributed by atoms with van der Waals surface area (Å²) < 4.78 is 16.0. The second kappa shape index (κ2) is 8.91. The maximum absolute atomic E-state index is 10.2. The lowest BCUT2D eigenvalue weighted by Gasteiger charge is -2.25. The molecular formula is C18H27NO4. The van der Waals surface area contributed by atoms with Crippen LogP contribution in [0.5, 0.6) is 11.5 Å². The Morgan fingerprint density at radius 1 is 1.26 bits per heavy atom. The summed E-state index contributed by atoms with van der Waals surface area (Å²) in [6.07, 6.45) is 3.55. The first-order chi connectivity index (χ1) is 11.2. The van der Waals surface area contributed by atoms with E-state index >= 15 is 0 Å². The summed E-state index contributed by atoms with van der Waals surface area (Å²) in [5.74, 6) is 1.56. The molecule has 1 aliphatic rings. The smallest absolute Gasteiger partial charge is 0.122 e. The fourth-order valence-corrected chi connectivity index (χ4v) is 2.59. The van der Waals surface area contributed by atoms with Crippen molar-refractivity contribution in [3.63, 3.8) is 0 Å². The van der Waals surface area contributed by atoms with Gasteiger partial charge in [0.05, 0.1) is 33.5 Å². The molecule has 1 aliphatic carbocycles. The molecule has 1 saturated carbocycles. The molecule has 1 N–H and O–H groups in total. The number of methoxy groups -OCH3 is 2. The van der Waals surface area contributed by atoms with Crippen LogP contribution in [0.25, 0.3) is 0 Å². The van der Waals surface area contributed by atoms with Crippen molar-refractivity contribution in [2.45, 2.75) is 31.5 Å². The van der Waals surface area contributed by atoms with Gasteiger partial charge in [0.1, 0.15) is 11.5 Å². The van der Waals surface area contributed by atoms with Crippen LogP contribution in [0.2, 0.25) is 0 Å². The zero-order chi connectivity index (χ0) is 16.7. The normalized spacial score (nSPS) is 15.5. The summed E-state index contributed by atoms with van der Waals surface area (Å²) in [7, 11) is 3.30. The highest BCUT2D eigenvalue weighted by Crippen LogP contribution is 2.30. The van der Waals surface area contributed by atoms with E-state index in [4.69, 9.17) is 14.2 Å². The Bertz CT molecular complexity index is 480. The van der Waals surface area contributed by atoms with Gasteiger partial charge in [0.25, 0.3) is 0 Å². The molecule has 1 aromatic carbocycles. The summed E-state index contributed by atoms with van der Waals surface area (Å²) in [5.41, 5.74) is 1.12. The van der Waals surface area contributed by atoms with E-state index < -0.39 is 6.10 Å². The lowest BCUT2D eigenvalue weighted by Crippen LogP contribution is -2.36. The number of aliphatic hydroxyl groups is 1. The molecule has 0 radical (unpaired) electrons. The van der Waals surface area contributed by atoms with Gasteiger partial charge in [0.2, 0.25) is 0 Å². The van der Waals surface area contributed by atoms with Gasteiger partial charge in [0, 0.05) is 25.2 Å². The van der Waals surface area contributed by atoms with Crippen molar-refractivity contribution in [3.05, 3.63) is 36.4 Å². The predicted molar refractivity (Wildman–Crippen MR) is 90.0 cm³/mol. The summed E-state index contributed by atoms with van der Waals surface area (Å²) in [6.45, 7) is 5.76. The average molecular weight is 321 g/mol. The molecule has 0 saturated heterocycles. The first kappa shape index (κ1) is 17.8. The Morgan fingerprint density at radius 3 is 2.43 bits per heavy atom. The molecule has 0 bridgehead atoms. The Labute approximate surface area is 138 Å². The lowest BCUT2D eigenvalue weighted by atomic mass is 10.1. The van der Waals surface area contributed by atoms with Crippen LogP contribution < -0.4 is 9.47 Å². The van der Waals surface area contributed by atoms with Crippen LogP contribution in [0, 0.1) is 0 Å². The number of benzene rings is 1. The van der Waals surface area contributed by atoms with Crippen molar-refractivity contribution >= 4 is 0 Å². The highest BCUT2D eigenvalue weighted by atomic mass is 16.5. The van der Waals surface area contributed by atoms with E-state index in [9.17, 15) is 5.11 Å². The molecule has 0 unspecified atom stereocenters. The minimum absolute atomic E-state index is 0.330. The Morgan fingerprint density at radius 2 is 1.91 bits per heavy atom. The third-order valence-electron chi connectivity index (χ3n) is 3.85. The summed E-state index contributed by atoms with van der Waals surface area (Å²) in [5, 5.41) is 10.2. The SMILES string of the molecule is C=CCOC[C@H](O)CN(Cc1cc(OC)cc(OC)c1)C1CC1. The van der Waals surface area contributed by atoms with E-state index in [0.29, 0.717) is 25.8 Å². The first-order valence-corrected chi connectivity index (χ1v) is 7.99. The van der Waals surface area contributed by atoms with Crippen LogP contribution >= 0.6 is 0 Å². The van der Waals surface area contributed by atoms with Gasteiger partial charge >= 0.3 is 0 Å². The summed E-state index contributed by atoms with van der Waals surface area (Å²) in [4.78, 5) is 2.30. The molecular weight excluding hydrogens is 294 g/mol. The molecule has 5 heteroatoms. The van der Waals surface area contributed by atoms with E-state index in [1.54, 1.807) is 20.3 Å². The molecule has 5 nitrogen and oxygen atoms in total. The number of aliphatic hydroxyl groups excluding tert-OH is 1. The maximum Gasteiger partial charge on any atom is 0.122 e. The molecule has 0 aliphatic heterocycles. The zero-order valence-electron chi connectivity index (χ0n) is 14.0. The van der Waals surface area contributed by atoms with Crippen LogP contribution in [-0.2, 0) is 11.3 Å². The van der Waals surface area contributed by atoms with Gasteiger partial charge in [-0.05, 0) is 30.5 Å². The third kappa shape index (κ3) is 5.86. The van der Waals surface area contributed by atoms with Gasteiger partial charge in [-0.25, -0.2) is 0 Å². The number of hydrogen-bond donors (Lipinski definition) is 1. The van der Waals surface area contributed by atoms with Crippen LogP contribution in [0.15, 0.2) is 30.9 Å². The second-order valence-electron chi connectivity index (χ2n) is 5.86. The number of rotatable bonds is 11. The van der Waals surface area contributed by atoms with Crippen LogP contribution in [-0.4, -0.2) is 56.1 Å². The van der Waals surface area contributed by atoms with E-state index in [1.165, 1.54) is 12.8 Å². The van der Waals surface area contributed by atoms with Crippen molar-refractivity contribution in [2.75, 3.05) is 34.0 Å². The Balaban J connectivity index is 1.97. The van der Waals surface area contributed by atoms with E-state index in [1.807, 2.05) is 18.2 Å². The third-order valence-corrected chi connectivity index (χ3v) is 3.85. The highest BCUT2D eigenvalue weighted by molar-refractivity contribution is 5.38. The molecule has 128 valence electrons. The van der Waals surface area contributed by atoms with Crippen LogP contribution in [0.3, 0.4) is 0 Å². The number of hydrogen-bond acceptors (Lipinski definition) is 5. The zero-order valence-corrected chi connectivity index (χ0v) is 14.0. The van der Waals surface area contributed by atoms with Crippen molar-refractivity contribution in [3.8, 4) is 11.5 Å². The molecule has 0 spiro atoms. The van der Waals surface area contributed by atoms with Crippen molar-refractivity contribution < 1.29 is 19.3 Å². The standard InChI is InChI=1S/C18H27NO4/c1-4-7-23-13-16(20)12-19(15-5-6-15)11-14-8-17(21-2)10-18(9-14)22-3/h4,8-10,15-16,20H,1,5-7,11-13H2,2-3H3/t16-/m1/s1. The molecule has 0 heterocycles. The van der Waals surface area contributed by atoms with Crippen LogP contribution in [0.4, 0.5) is 0 Å². The maximum atomic E-state index is 10.2. The number of nitrogens with zero attached hydrogens (tertiary/aromatic N) is 1. The van der Waals surface area contributed by atoms with E-state index in [2.05, 4.69) is 11.5 Å². The summed E-state index contributed by atoms with van der Waals surface area (Å²) in [6, 6.07) is 6.43. The highest BCUT2D eigenvalue weighted by Gasteiger charge is 2.30. The molecule has 23 heavy (non-hydrogen) atoms. The van der Waals surface area contributed by atoms with Gasteiger partial charge in [0.15, 0.2) is 0 Å². The molecule has 0 aromatic heterocycles. The van der Waals surface area contributed by atoms with Gasteiger partial charge in [-0.2, -0.15) is 0 Å². The number of ether oxygens (including phenoxy) is 3. The molecule has 2 rings (SSSR count). The fraction of sp³-hybridized carbons (Fsp3) is 0.556. The van der Waals surface area contributed by atoms with Crippen molar-refractivity contribution in [1.29, 1.82) is 0 Å². The average Bonchev–Trinajstić information content (AvgIpc) is 3.39. The Kier molecular flexibility index (Phi) is 6.89. The molecule has 1 atom stereocenters. The summed E-state index contributed by atoms with van der Waals surface area (Å²) >= 11 is 0. The van der Waals surface area contributed by atoms with Gasteiger partial charge in [-0.1, -0.05) is 6.08 Å². The minimum Gasteiger partial charge on any atom is -0.497 e. The topological polar surface area (TPSA) is 51.2 Å². The van der Waals surface area contributed by atoms with Crippen molar-refractivity contribution in [1.82, 2.24) is 4.90 Å². The van der Waals surface area contributed by atoms with Crippen LogP contribution in [0.1, 0.15) is 18.4 Å². The molecule has 1 aromatic rings. The van der Waals surface area contributed by atoms with Crippen molar-refractivity contribution in [2.24, 2.45) is 0 Å².